The molecule has 1 aliphatic rings. The lowest BCUT2D eigenvalue weighted by molar-refractivity contribution is 0.112. The van der Waals surface area contributed by atoms with Crippen LogP contribution >= 0.6 is 23.4 Å². The highest BCUT2D eigenvalue weighted by molar-refractivity contribution is 8.00. The Morgan fingerprint density at radius 3 is 2.78 bits per heavy atom. The first-order chi connectivity index (χ1) is 8.43. The fourth-order valence-corrected chi connectivity index (χ4v) is 3.44. The second kappa shape index (κ2) is 5.05. The third-order valence-electron chi connectivity index (χ3n) is 2.83. The zero-order chi connectivity index (χ0) is 13.3. The summed E-state index contributed by atoms with van der Waals surface area (Å²) in [5, 5.41) is 0.239. The Morgan fingerprint density at radius 1 is 1.44 bits per heavy atom. The summed E-state index contributed by atoms with van der Waals surface area (Å²) >= 11 is 7.95. The Kier molecular flexibility index (Phi) is 3.82. The zero-order valence-electron chi connectivity index (χ0n) is 10.7. The second-order valence-corrected chi connectivity index (χ2v) is 7.11. The van der Waals surface area contributed by atoms with Gasteiger partial charge in [0, 0.05) is 23.6 Å². The van der Waals surface area contributed by atoms with E-state index in [-0.39, 0.29) is 9.90 Å². The van der Waals surface area contributed by atoms with E-state index in [1.54, 1.807) is 6.92 Å². The Labute approximate surface area is 116 Å². The van der Waals surface area contributed by atoms with E-state index < -0.39 is 0 Å². The minimum atomic E-state index is 0.156. The fraction of sp³-hybridized carbons (Fsp3) is 0.583. The van der Waals surface area contributed by atoms with Gasteiger partial charge in [0.1, 0.15) is 16.8 Å². The molecule has 4 nitrogen and oxygen atoms in total. The molecule has 0 amide bonds. The molecule has 0 spiro atoms. The van der Waals surface area contributed by atoms with Gasteiger partial charge in [-0.25, -0.2) is 9.97 Å². The minimum Gasteiger partial charge on any atom is -0.354 e. The number of hydrogen-bond donors (Lipinski definition) is 0. The summed E-state index contributed by atoms with van der Waals surface area (Å²) in [5.74, 6) is 2.28. The molecular formula is C12H16ClN3OS. The lowest BCUT2D eigenvalue weighted by atomic mass is 10.1. The Morgan fingerprint density at radius 2 is 2.17 bits per heavy atom. The van der Waals surface area contributed by atoms with E-state index in [1.165, 1.54) is 0 Å². The van der Waals surface area contributed by atoms with E-state index in [4.69, 9.17) is 11.6 Å². The van der Waals surface area contributed by atoms with Gasteiger partial charge in [0.05, 0.1) is 5.56 Å². The maximum absolute atomic E-state index is 11.2. The Hall–Kier alpha value is -0.810. The van der Waals surface area contributed by atoms with Gasteiger partial charge in [-0.05, 0) is 20.8 Å². The van der Waals surface area contributed by atoms with Gasteiger partial charge in [0.25, 0.3) is 0 Å². The van der Waals surface area contributed by atoms with Crippen molar-refractivity contribution in [3.63, 3.8) is 0 Å². The molecule has 0 aliphatic carbocycles. The molecule has 6 heteroatoms. The number of hydrogen-bond acceptors (Lipinski definition) is 5. The molecule has 1 saturated heterocycles. The number of thioether (sulfide) groups is 1. The number of aromatic nitrogens is 2. The predicted molar refractivity (Wildman–Crippen MR) is 75.9 cm³/mol. The Balaban J connectivity index is 2.40. The summed E-state index contributed by atoms with van der Waals surface area (Å²) < 4.78 is 0.156. The SMILES string of the molecule is Cc1nc(Cl)c(C=O)c(N2CCSC(C)(C)C2)n1. The van der Waals surface area contributed by atoms with Crippen LogP contribution in [-0.2, 0) is 0 Å². The Bertz CT molecular complexity index is 479. The lowest BCUT2D eigenvalue weighted by Crippen LogP contribution is -2.44. The maximum Gasteiger partial charge on any atom is 0.156 e. The summed E-state index contributed by atoms with van der Waals surface area (Å²) in [6.45, 7) is 7.90. The molecule has 18 heavy (non-hydrogen) atoms. The number of aryl methyl sites for hydroxylation is 1. The zero-order valence-corrected chi connectivity index (χ0v) is 12.3. The van der Waals surface area contributed by atoms with Crippen molar-refractivity contribution in [2.45, 2.75) is 25.5 Å². The van der Waals surface area contributed by atoms with E-state index in [0.717, 1.165) is 25.1 Å². The van der Waals surface area contributed by atoms with Crippen molar-refractivity contribution in [3.8, 4) is 0 Å². The molecule has 1 aliphatic heterocycles. The highest BCUT2D eigenvalue weighted by Crippen LogP contribution is 2.33. The van der Waals surface area contributed by atoms with Gasteiger partial charge in [0.15, 0.2) is 6.29 Å². The van der Waals surface area contributed by atoms with Crippen molar-refractivity contribution in [1.29, 1.82) is 0 Å². The standard InChI is InChI=1S/C12H16ClN3OS/c1-8-14-10(13)9(6-17)11(15-8)16-4-5-18-12(2,3)7-16/h6H,4-5,7H2,1-3H3. The average molecular weight is 286 g/mol. The van der Waals surface area contributed by atoms with Gasteiger partial charge in [0.2, 0.25) is 0 Å². The summed E-state index contributed by atoms with van der Waals surface area (Å²) in [5.41, 5.74) is 0.393. The number of anilines is 1. The summed E-state index contributed by atoms with van der Waals surface area (Å²) in [7, 11) is 0. The summed E-state index contributed by atoms with van der Waals surface area (Å²) in [4.78, 5) is 21.7. The van der Waals surface area contributed by atoms with E-state index in [0.29, 0.717) is 17.2 Å². The van der Waals surface area contributed by atoms with Crippen LogP contribution in [0.1, 0.15) is 30.0 Å². The van der Waals surface area contributed by atoms with Crippen molar-refractivity contribution < 1.29 is 4.79 Å². The predicted octanol–water partition coefficient (Wildman–Crippen LogP) is 2.58. The van der Waals surface area contributed by atoms with Crippen LogP contribution in [-0.4, -0.2) is 39.8 Å². The van der Waals surface area contributed by atoms with Gasteiger partial charge in [-0.2, -0.15) is 11.8 Å². The van der Waals surface area contributed by atoms with Crippen molar-refractivity contribution in [1.82, 2.24) is 9.97 Å². The third-order valence-corrected chi connectivity index (χ3v) is 4.42. The smallest absolute Gasteiger partial charge is 0.156 e. The van der Waals surface area contributed by atoms with E-state index in [9.17, 15) is 4.79 Å². The second-order valence-electron chi connectivity index (χ2n) is 4.95. The van der Waals surface area contributed by atoms with Crippen LogP contribution in [0, 0.1) is 6.92 Å². The molecule has 2 rings (SSSR count). The molecule has 1 aromatic heterocycles. The van der Waals surface area contributed by atoms with Crippen molar-refractivity contribution in [2.24, 2.45) is 0 Å². The molecule has 0 aromatic carbocycles. The first-order valence-corrected chi connectivity index (χ1v) is 7.17. The van der Waals surface area contributed by atoms with Crippen molar-refractivity contribution in [3.05, 3.63) is 16.5 Å². The van der Waals surface area contributed by atoms with Crippen LogP contribution in [0.25, 0.3) is 0 Å². The molecule has 0 unspecified atom stereocenters. The van der Waals surface area contributed by atoms with Crippen LogP contribution in [0.15, 0.2) is 0 Å². The van der Waals surface area contributed by atoms with Gasteiger partial charge in [-0.1, -0.05) is 11.6 Å². The van der Waals surface area contributed by atoms with Crippen molar-refractivity contribution >= 4 is 35.5 Å². The van der Waals surface area contributed by atoms with Crippen LogP contribution in [0.5, 0.6) is 0 Å². The molecule has 0 atom stereocenters. The topological polar surface area (TPSA) is 46.1 Å². The molecular weight excluding hydrogens is 270 g/mol. The first kappa shape index (κ1) is 13.6. The first-order valence-electron chi connectivity index (χ1n) is 5.81. The van der Waals surface area contributed by atoms with Gasteiger partial charge in [-0.3, -0.25) is 4.79 Å². The summed E-state index contributed by atoms with van der Waals surface area (Å²) in [6, 6.07) is 0. The number of halogens is 1. The molecule has 0 radical (unpaired) electrons. The largest absolute Gasteiger partial charge is 0.354 e. The van der Waals surface area contributed by atoms with Gasteiger partial charge >= 0.3 is 0 Å². The molecule has 2 heterocycles. The monoisotopic (exact) mass is 285 g/mol. The van der Waals surface area contributed by atoms with E-state index in [1.807, 2.05) is 11.8 Å². The van der Waals surface area contributed by atoms with E-state index >= 15 is 0 Å². The maximum atomic E-state index is 11.2. The molecule has 1 aromatic rings. The summed E-state index contributed by atoms with van der Waals surface area (Å²) in [6.07, 6.45) is 0.742. The van der Waals surface area contributed by atoms with Gasteiger partial charge in [-0.15, -0.1) is 0 Å². The number of carbonyl (C=O) groups excluding carboxylic acids is 1. The van der Waals surface area contributed by atoms with Crippen molar-refractivity contribution in [2.75, 3.05) is 23.7 Å². The number of aldehydes is 1. The normalized spacial score (nSPS) is 18.8. The number of carbonyl (C=O) groups is 1. The van der Waals surface area contributed by atoms with Crippen LogP contribution < -0.4 is 4.90 Å². The molecule has 0 saturated carbocycles. The minimum absolute atomic E-state index is 0.156. The van der Waals surface area contributed by atoms with E-state index in [2.05, 4.69) is 28.7 Å². The van der Waals surface area contributed by atoms with Crippen LogP contribution in [0.2, 0.25) is 5.15 Å². The number of rotatable bonds is 2. The molecule has 98 valence electrons. The highest BCUT2D eigenvalue weighted by atomic mass is 35.5. The molecule has 0 bridgehead atoms. The fourth-order valence-electron chi connectivity index (χ4n) is 2.07. The highest BCUT2D eigenvalue weighted by Gasteiger charge is 2.29. The lowest BCUT2D eigenvalue weighted by Gasteiger charge is -2.38. The van der Waals surface area contributed by atoms with Crippen LogP contribution in [0.3, 0.4) is 0 Å². The number of nitrogens with zero attached hydrogens (tertiary/aromatic N) is 3. The van der Waals surface area contributed by atoms with Gasteiger partial charge < -0.3 is 4.90 Å². The molecule has 0 N–H and O–H groups in total. The molecule has 1 fully saturated rings. The quantitative estimate of drug-likeness (QED) is 0.617. The third kappa shape index (κ3) is 2.78. The average Bonchev–Trinajstić information content (AvgIpc) is 2.26. The van der Waals surface area contributed by atoms with Crippen LogP contribution in [0.4, 0.5) is 5.82 Å².